The van der Waals surface area contributed by atoms with Gasteiger partial charge >= 0.3 is 0 Å². The number of hydrogen-bond acceptors (Lipinski definition) is 2. The fourth-order valence-electron chi connectivity index (χ4n) is 1.76. The van der Waals surface area contributed by atoms with Crippen LogP contribution in [0, 0.1) is 11.6 Å². The van der Waals surface area contributed by atoms with Crippen LogP contribution in [0.4, 0.5) is 8.78 Å². The Morgan fingerprint density at radius 2 is 1.62 bits per heavy atom. The van der Waals surface area contributed by atoms with Gasteiger partial charge in [-0.15, -0.1) is 0 Å². The van der Waals surface area contributed by atoms with Gasteiger partial charge in [-0.3, -0.25) is 9.59 Å². The highest BCUT2D eigenvalue weighted by Gasteiger charge is 2.08. The number of rotatable bonds is 3. The van der Waals surface area contributed by atoms with Crippen molar-refractivity contribution in [3.8, 4) is 0 Å². The van der Waals surface area contributed by atoms with E-state index < -0.39 is 5.82 Å². The molecular weight excluding hydrogens is 448 g/mol. The van der Waals surface area contributed by atoms with Crippen LogP contribution in [0.3, 0.4) is 0 Å². The fraction of sp³-hybridized carbons (Fsp3) is 0.176. The van der Waals surface area contributed by atoms with Gasteiger partial charge in [-0.2, -0.15) is 0 Å². The Bertz CT molecular complexity index is 739. The third-order valence-electron chi connectivity index (χ3n) is 2.94. The number of benzene rings is 2. The summed E-state index contributed by atoms with van der Waals surface area (Å²) in [6, 6.07) is 8.85. The number of carbonyl (C=O) groups excluding carboxylic acids is 2. The predicted molar refractivity (Wildman–Crippen MR) is 95.8 cm³/mol. The molecule has 24 heavy (non-hydrogen) atoms. The van der Waals surface area contributed by atoms with Crippen molar-refractivity contribution in [1.82, 2.24) is 5.32 Å². The van der Waals surface area contributed by atoms with E-state index >= 15 is 0 Å². The molecule has 0 radical (unpaired) electrons. The van der Waals surface area contributed by atoms with Gasteiger partial charge in [0, 0.05) is 12.5 Å². The molecule has 0 heterocycles. The van der Waals surface area contributed by atoms with E-state index in [0.29, 0.717) is 20.8 Å². The zero-order valence-electron chi connectivity index (χ0n) is 12.9. The minimum atomic E-state index is -0.412. The quantitative estimate of drug-likeness (QED) is 0.638. The summed E-state index contributed by atoms with van der Waals surface area (Å²) < 4.78 is 26.5. The lowest BCUT2D eigenvalue weighted by molar-refractivity contribution is -0.119. The first-order valence-electron chi connectivity index (χ1n) is 6.87. The Kier molecular flexibility index (Phi) is 8.21. The van der Waals surface area contributed by atoms with Crippen LogP contribution in [0.1, 0.15) is 35.8 Å². The van der Waals surface area contributed by atoms with Crippen LogP contribution < -0.4 is 5.32 Å². The molecule has 0 spiro atoms. The lowest BCUT2D eigenvalue weighted by atomic mass is 10.1. The van der Waals surface area contributed by atoms with Gasteiger partial charge in [0.2, 0.25) is 5.91 Å². The van der Waals surface area contributed by atoms with Crippen molar-refractivity contribution < 1.29 is 18.4 Å². The minimum absolute atomic E-state index is 0.124. The number of hydrogen-bond donors (Lipinski definition) is 1. The molecule has 1 unspecified atom stereocenters. The van der Waals surface area contributed by atoms with Gasteiger partial charge < -0.3 is 5.32 Å². The molecule has 1 atom stereocenters. The third-order valence-corrected chi connectivity index (χ3v) is 4.23. The third kappa shape index (κ3) is 6.49. The van der Waals surface area contributed by atoms with E-state index in [9.17, 15) is 18.4 Å². The van der Waals surface area contributed by atoms with Crippen molar-refractivity contribution in [3.05, 3.63) is 68.1 Å². The smallest absolute Gasteiger partial charge is 0.217 e. The second-order valence-corrected chi connectivity index (χ2v) is 6.60. The molecule has 2 aromatic carbocycles. The van der Waals surface area contributed by atoms with E-state index in [0.717, 1.165) is 5.56 Å². The van der Waals surface area contributed by atoms with E-state index in [1.54, 1.807) is 18.2 Å². The van der Waals surface area contributed by atoms with Crippen LogP contribution >= 0.6 is 31.9 Å². The van der Waals surface area contributed by atoms with E-state index in [1.807, 2.05) is 6.92 Å². The van der Waals surface area contributed by atoms with Crippen molar-refractivity contribution in [2.75, 3.05) is 0 Å². The maximum Gasteiger partial charge on any atom is 0.217 e. The molecule has 1 amide bonds. The highest BCUT2D eigenvalue weighted by atomic mass is 79.9. The summed E-state index contributed by atoms with van der Waals surface area (Å²) in [5.74, 6) is -0.856. The number of nitrogens with one attached hydrogen (secondary N) is 1. The van der Waals surface area contributed by atoms with Crippen LogP contribution in [0.5, 0.6) is 0 Å². The highest BCUT2D eigenvalue weighted by molar-refractivity contribution is 9.10. The summed E-state index contributed by atoms with van der Waals surface area (Å²) in [6.07, 6.45) is 0.607. The van der Waals surface area contributed by atoms with E-state index in [2.05, 4.69) is 37.2 Å². The molecular formula is C17H15Br2F2NO2. The normalized spacial score (nSPS) is 11.1. The maximum atomic E-state index is 13.1. The number of halogens is 4. The zero-order chi connectivity index (χ0) is 18.3. The molecule has 0 fully saturated rings. The summed E-state index contributed by atoms with van der Waals surface area (Å²) in [5.41, 5.74) is 1.10. The average molecular weight is 463 g/mol. The molecule has 1 N–H and O–H groups in total. The standard InChI is InChI=1S/C10H11BrFNO.C7H4BrFO/c1-6(13-7(2)14)8-3-4-9(11)10(12)5-8;8-6-2-1-5(4-10)3-7(6)9/h3-6H,1-2H3,(H,13,14);1-4H. The van der Waals surface area contributed by atoms with Gasteiger partial charge in [0.05, 0.1) is 15.0 Å². The Labute approximate surface area is 155 Å². The minimum Gasteiger partial charge on any atom is -0.350 e. The lowest BCUT2D eigenvalue weighted by Crippen LogP contribution is -2.23. The molecule has 3 nitrogen and oxygen atoms in total. The van der Waals surface area contributed by atoms with Gasteiger partial charge in [0.15, 0.2) is 0 Å². The van der Waals surface area contributed by atoms with Crippen molar-refractivity contribution in [2.45, 2.75) is 19.9 Å². The van der Waals surface area contributed by atoms with Crippen molar-refractivity contribution >= 4 is 44.1 Å². The molecule has 0 aromatic heterocycles. The Morgan fingerprint density at radius 3 is 2.08 bits per heavy atom. The molecule has 0 saturated heterocycles. The number of aldehydes is 1. The Balaban J connectivity index is 0.000000254. The first-order valence-corrected chi connectivity index (χ1v) is 8.45. The van der Waals surface area contributed by atoms with Crippen molar-refractivity contribution in [1.29, 1.82) is 0 Å². The van der Waals surface area contributed by atoms with E-state index in [4.69, 9.17) is 0 Å². The monoisotopic (exact) mass is 461 g/mol. The molecule has 0 saturated carbocycles. The Hall–Kier alpha value is -1.60. The largest absolute Gasteiger partial charge is 0.350 e. The topological polar surface area (TPSA) is 46.2 Å². The van der Waals surface area contributed by atoms with Crippen LogP contribution in [0.15, 0.2) is 45.3 Å². The van der Waals surface area contributed by atoms with E-state index in [1.165, 1.54) is 25.1 Å². The molecule has 0 bridgehead atoms. The van der Waals surface area contributed by atoms with Gasteiger partial charge in [-0.05, 0) is 68.6 Å². The summed E-state index contributed by atoms with van der Waals surface area (Å²) >= 11 is 6.03. The SMILES string of the molecule is CC(=O)NC(C)c1ccc(Br)c(F)c1.O=Cc1ccc(Br)c(F)c1. The van der Waals surface area contributed by atoms with Gasteiger partial charge in [-0.25, -0.2) is 8.78 Å². The maximum absolute atomic E-state index is 13.1. The van der Waals surface area contributed by atoms with Gasteiger partial charge in [0.25, 0.3) is 0 Å². The zero-order valence-corrected chi connectivity index (χ0v) is 16.1. The summed E-state index contributed by atoms with van der Waals surface area (Å²) in [6.45, 7) is 3.25. The van der Waals surface area contributed by atoms with Crippen LogP contribution in [0.25, 0.3) is 0 Å². The molecule has 0 aliphatic rings. The lowest BCUT2D eigenvalue weighted by Gasteiger charge is -2.12. The molecule has 128 valence electrons. The molecule has 2 aromatic rings. The Morgan fingerprint density at radius 1 is 1.08 bits per heavy atom. The van der Waals surface area contributed by atoms with E-state index in [-0.39, 0.29) is 17.8 Å². The molecule has 0 aliphatic carbocycles. The second kappa shape index (κ2) is 9.64. The molecule has 0 aliphatic heterocycles. The fourth-order valence-corrected chi connectivity index (χ4v) is 2.25. The van der Waals surface area contributed by atoms with Crippen molar-refractivity contribution in [3.63, 3.8) is 0 Å². The highest BCUT2D eigenvalue weighted by Crippen LogP contribution is 2.20. The first kappa shape index (κ1) is 20.4. The number of amides is 1. The second-order valence-electron chi connectivity index (χ2n) is 4.89. The molecule has 7 heteroatoms. The van der Waals surface area contributed by atoms with Crippen LogP contribution in [-0.4, -0.2) is 12.2 Å². The average Bonchev–Trinajstić information content (AvgIpc) is 2.52. The molecule has 2 rings (SSSR count). The summed E-state index contributed by atoms with van der Waals surface area (Å²) in [7, 11) is 0. The summed E-state index contributed by atoms with van der Waals surface area (Å²) in [5, 5.41) is 2.68. The number of carbonyl (C=O) groups is 2. The summed E-state index contributed by atoms with van der Waals surface area (Å²) in [4.78, 5) is 20.9. The van der Waals surface area contributed by atoms with Gasteiger partial charge in [0.1, 0.15) is 17.9 Å². The first-order chi connectivity index (χ1) is 11.2. The van der Waals surface area contributed by atoms with Crippen LogP contribution in [0.2, 0.25) is 0 Å². The van der Waals surface area contributed by atoms with Crippen molar-refractivity contribution in [2.24, 2.45) is 0 Å². The predicted octanol–water partition coefficient (Wildman–Crippen LogP) is 5.19. The van der Waals surface area contributed by atoms with Crippen LogP contribution in [-0.2, 0) is 4.79 Å². The van der Waals surface area contributed by atoms with Gasteiger partial charge in [-0.1, -0.05) is 12.1 Å².